The molecule has 1 aliphatic rings. The van der Waals surface area contributed by atoms with E-state index in [-0.39, 0.29) is 24.7 Å². The predicted molar refractivity (Wildman–Crippen MR) is 83.3 cm³/mol. The zero-order chi connectivity index (χ0) is 17.0. The highest BCUT2D eigenvalue weighted by molar-refractivity contribution is 5.93. The van der Waals surface area contributed by atoms with Gasteiger partial charge in [-0.15, -0.1) is 0 Å². The quantitative estimate of drug-likeness (QED) is 0.826. The Morgan fingerprint density at radius 3 is 2.70 bits per heavy atom. The van der Waals surface area contributed by atoms with Crippen molar-refractivity contribution in [3.05, 3.63) is 23.8 Å². The summed E-state index contributed by atoms with van der Waals surface area (Å²) in [6.45, 7) is 2.49. The van der Waals surface area contributed by atoms with Crippen LogP contribution in [-0.4, -0.2) is 47.5 Å². The van der Waals surface area contributed by atoms with Gasteiger partial charge >= 0.3 is 5.97 Å². The van der Waals surface area contributed by atoms with E-state index in [1.54, 1.807) is 30.1 Å². The number of aryl methyl sites for hydroxylation is 1. The average Bonchev–Trinajstić information content (AvgIpc) is 2.80. The molecule has 0 spiro atoms. The van der Waals surface area contributed by atoms with E-state index in [9.17, 15) is 14.4 Å². The Bertz CT molecular complexity index is 629. The van der Waals surface area contributed by atoms with Crippen LogP contribution in [0.2, 0.25) is 0 Å². The van der Waals surface area contributed by atoms with E-state index in [1.165, 1.54) is 0 Å². The van der Waals surface area contributed by atoms with Gasteiger partial charge in [0.15, 0.2) is 6.10 Å². The van der Waals surface area contributed by atoms with Crippen LogP contribution in [0.25, 0.3) is 0 Å². The summed E-state index contributed by atoms with van der Waals surface area (Å²) in [5.74, 6) is -0.822. The Morgan fingerprint density at radius 1 is 1.39 bits per heavy atom. The molecule has 7 nitrogen and oxygen atoms in total. The first kappa shape index (κ1) is 16.8. The number of rotatable bonds is 6. The predicted octanol–water partition coefficient (Wildman–Crippen LogP) is 1.41. The first-order valence-electron chi connectivity index (χ1n) is 7.40. The molecule has 0 bridgehead atoms. The van der Waals surface area contributed by atoms with E-state index in [0.717, 1.165) is 5.56 Å². The van der Waals surface area contributed by atoms with Gasteiger partial charge in [0.2, 0.25) is 5.91 Å². The summed E-state index contributed by atoms with van der Waals surface area (Å²) >= 11 is 0. The van der Waals surface area contributed by atoms with Crippen LogP contribution in [0.5, 0.6) is 5.75 Å². The summed E-state index contributed by atoms with van der Waals surface area (Å²) < 4.78 is 5.70. The third-order valence-corrected chi connectivity index (χ3v) is 3.69. The first-order valence-corrected chi connectivity index (χ1v) is 7.40. The van der Waals surface area contributed by atoms with Gasteiger partial charge in [0.05, 0.1) is 6.42 Å². The van der Waals surface area contributed by atoms with Crippen molar-refractivity contribution in [3.63, 3.8) is 0 Å². The van der Waals surface area contributed by atoms with Crippen molar-refractivity contribution in [2.24, 2.45) is 0 Å². The number of likely N-dealkylation sites (N-methyl/N-ethyl adjacent to an activating group) is 1. The van der Waals surface area contributed by atoms with Gasteiger partial charge in [-0.05, 0) is 30.7 Å². The Kier molecular flexibility index (Phi) is 5.20. The van der Waals surface area contributed by atoms with E-state index in [0.29, 0.717) is 24.4 Å². The van der Waals surface area contributed by atoms with Crippen molar-refractivity contribution < 1.29 is 24.2 Å². The number of hydrogen-bond donors (Lipinski definition) is 2. The second kappa shape index (κ2) is 7.13. The molecule has 7 heteroatoms. The van der Waals surface area contributed by atoms with E-state index >= 15 is 0 Å². The second-order valence-corrected chi connectivity index (χ2v) is 5.57. The molecule has 2 rings (SSSR count). The molecule has 0 saturated carbocycles. The van der Waals surface area contributed by atoms with Crippen LogP contribution >= 0.6 is 0 Å². The fourth-order valence-electron chi connectivity index (χ4n) is 2.35. The molecule has 0 aromatic heterocycles. The van der Waals surface area contributed by atoms with Crippen molar-refractivity contribution in [1.29, 1.82) is 0 Å². The van der Waals surface area contributed by atoms with Crippen molar-refractivity contribution in [1.82, 2.24) is 4.90 Å². The zero-order valence-corrected chi connectivity index (χ0v) is 13.2. The maximum Gasteiger partial charge on any atom is 0.303 e. The molecule has 124 valence electrons. The van der Waals surface area contributed by atoms with Gasteiger partial charge in [-0.2, -0.15) is 0 Å². The molecule has 23 heavy (non-hydrogen) atoms. The van der Waals surface area contributed by atoms with Crippen molar-refractivity contribution in [2.45, 2.75) is 32.3 Å². The lowest BCUT2D eigenvalue weighted by Gasteiger charge is -2.15. The zero-order valence-electron chi connectivity index (χ0n) is 13.2. The molecule has 1 aromatic rings. The summed E-state index contributed by atoms with van der Waals surface area (Å²) in [6, 6.07) is 5.12. The Morgan fingerprint density at radius 2 is 2.13 bits per heavy atom. The number of benzene rings is 1. The minimum absolute atomic E-state index is 0.0336. The molecule has 2 amide bonds. The van der Waals surface area contributed by atoms with Crippen LogP contribution in [0.15, 0.2) is 18.2 Å². The normalized spacial score (nSPS) is 17.2. The average molecular weight is 320 g/mol. The van der Waals surface area contributed by atoms with Gasteiger partial charge in [0.1, 0.15) is 5.75 Å². The second-order valence-electron chi connectivity index (χ2n) is 5.57. The number of anilines is 1. The largest absolute Gasteiger partial charge is 0.481 e. The molecular formula is C16H20N2O5. The van der Waals surface area contributed by atoms with E-state index in [1.807, 2.05) is 6.92 Å². The van der Waals surface area contributed by atoms with Crippen LogP contribution < -0.4 is 10.1 Å². The fraction of sp³-hybridized carbons (Fsp3) is 0.438. The topological polar surface area (TPSA) is 95.9 Å². The molecule has 1 aromatic carbocycles. The van der Waals surface area contributed by atoms with Gasteiger partial charge in [0.25, 0.3) is 5.91 Å². The van der Waals surface area contributed by atoms with Crippen LogP contribution in [0, 0.1) is 6.92 Å². The Labute approximate surface area is 134 Å². The van der Waals surface area contributed by atoms with Gasteiger partial charge in [-0.25, -0.2) is 0 Å². The molecule has 0 radical (unpaired) electrons. The summed E-state index contributed by atoms with van der Waals surface area (Å²) in [7, 11) is 1.74. The number of amides is 2. The van der Waals surface area contributed by atoms with Gasteiger partial charge in [0, 0.05) is 32.1 Å². The van der Waals surface area contributed by atoms with Crippen LogP contribution in [0.3, 0.4) is 0 Å². The maximum absolute atomic E-state index is 11.8. The third kappa shape index (κ3) is 4.45. The summed E-state index contributed by atoms with van der Waals surface area (Å²) in [6.07, 6.45) is -0.0862. The fourth-order valence-corrected chi connectivity index (χ4v) is 2.35. The summed E-state index contributed by atoms with van der Waals surface area (Å²) in [4.78, 5) is 35.6. The molecule has 1 saturated heterocycles. The van der Waals surface area contributed by atoms with Gasteiger partial charge in [-0.1, -0.05) is 0 Å². The monoisotopic (exact) mass is 320 g/mol. The van der Waals surface area contributed by atoms with E-state index in [2.05, 4.69) is 5.32 Å². The van der Waals surface area contributed by atoms with Crippen molar-refractivity contribution in [2.75, 3.05) is 18.9 Å². The van der Waals surface area contributed by atoms with Crippen molar-refractivity contribution >= 4 is 23.5 Å². The minimum Gasteiger partial charge on any atom is -0.481 e. The van der Waals surface area contributed by atoms with E-state index in [4.69, 9.17) is 9.84 Å². The minimum atomic E-state index is -1.01. The number of carbonyl (C=O) groups is 3. The lowest BCUT2D eigenvalue weighted by Crippen LogP contribution is -2.29. The lowest BCUT2D eigenvalue weighted by molar-refractivity contribution is -0.138. The number of aliphatic carboxylic acids is 1. The van der Waals surface area contributed by atoms with E-state index < -0.39 is 12.1 Å². The number of nitrogens with zero attached hydrogens (tertiary/aromatic N) is 1. The number of nitrogens with one attached hydrogen (secondary N) is 1. The van der Waals surface area contributed by atoms with Gasteiger partial charge in [-0.3, -0.25) is 14.4 Å². The van der Waals surface area contributed by atoms with Crippen LogP contribution in [-0.2, 0) is 14.4 Å². The summed E-state index contributed by atoms with van der Waals surface area (Å²) in [5, 5.41) is 11.2. The maximum atomic E-state index is 11.8. The van der Waals surface area contributed by atoms with Gasteiger partial charge < -0.3 is 20.1 Å². The Hall–Kier alpha value is -2.57. The lowest BCUT2D eigenvalue weighted by atomic mass is 10.1. The number of likely N-dealkylation sites (tertiary alicyclic amines) is 1. The number of carbonyl (C=O) groups excluding carboxylic acids is 2. The van der Waals surface area contributed by atoms with Crippen LogP contribution in [0.4, 0.5) is 5.69 Å². The molecule has 1 atom stereocenters. The number of carboxylic acids is 1. The molecule has 1 fully saturated rings. The highest BCUT2D eigenvalue weighted by atomic mass is 16.5. The SMILES string of the molecule is Cc1cc(OC2CCN(C)C2=O)ccc1NC(=O)CCC(=O)O. The van der Waals surface area contributed by atoms with Crippen LogP contribution in [0.1, 0.15) is 24.8 Å². The third-order valence-electron chi connectivity index (χ3n) is 3.69. The molecule has 1 heterocycles. The first-order chi connectivity index (χ1) is 10.9. The standard InChI is InChI=1S/C16H20N2O5/c1-10-9-11(23-13-7-8-18(2)16(13)22)3-4-12(10)17-14(19)5-6-15(20)21/h3-4,9,13H,5-8H2,1-2H3,(H,17,19)(H,20,21). The highest BCUT2D eigenvalue weighted by Crippen LogP contribution is 2.24. The summed E-state index contributed by atoms with van der Waals surface area (Å²) in [5.41, 5.74) is 1.38. The molecule has 1 unspecified atom stereocenters. The molecule has 1 aliphatic heterocycles. The number of hydrogen-bond acceptors (Lipinski definition) is 4. The smallest absolute Gasteiger partial charge is 0.303 e. The van der Waals surface area contributed by atoms with Crippen molar-refractivity contribution in [3.8, 4) is 5.75 Å². The number of ether oxygens (including phenoxy) is 1. The molecular weight excluding hydrogens is 300 g/mol. The highest BCUT2D eigenvalue weighted by Gasteiger charge is 2.30. The number of carboxylic acid groups (broad SMARTS) is 1. The molecule has 2 N–H and O–H groups in total. The molecule has 0 aliphatic carbocycles. The Balaban J connectivity index is 1.96.